The lowest BCUT2D eigenvalue weighted by Crippen LogP contribution is -2.43. The molecule has 2 N–H and O–H groups in total. The van der Waals surface area contributed by atoms with E-state index in [-0.39, 0.29) is 12.3 Å². The summed E-state index contributed by atoms with van der Waals surface area (Å²) < 4.78 is 31.2. The van der Waals surface area contributed by atoms with Gasteiger partial charge in [0.15, 0.2) is 17.7 Å². The molecule has 7 heteroatoms. The second kappa shape index (κ2) is 7.06. The summed E-state index contributed by atoms with van der Waals surface area (Å²) in [6.45, 7) is 3.08. The first kappa shape index (κ1) is 17.4. The summed E-state index contributed by atoms with van der Waals surface area (Å²) in [5.74, 6) is -2.45. The number of halogens is 2. The summed E-state index contributed by atoms with van der Waals surface area (Å²) in [5.41, 5.74) is -0.492. The van der Waals surface area contributed by atoms with Gasteiger partial charge in [-0.3, -0.25) is 4.79 Å². The van der Waals surface area contributed by atoms with E-state index in [1.165, 1.54) is 24.3 Å². The van der Waals surface area contributed by atoms with Gasteiger partial charge in [0, 0.05) is 6.07 Å². The number of rotatable bonds is 6. The molecule has 0 aliphatic carbocycles. The van der Waals surface area contributed by atoms with Crippen molar-refractivity contribution in [2.45, 2.75) is 25.6 Å². The SMILES string of the molecule is CC(Oc1ccc(F)c(F)c1)C(=O)NCC(C)(O)c1ccsc1. The minimum absolute atomic E-state index is 0.00798. The second-order valence-corrected chi connectivity index (χ2v) is 6.12. The molecule has 0 fully saturated rings. The second-order valence-electron chi connectivity index (χ2n) is 5.34. The zero-order valence-electron chi connectivity index (χ0n) is 12.7. The van der Waals surface area contributed by atoms with E-state index < -0.39 is 29.2 Å². The Labute approximate surface area is 136 Å². The normalized spacial score (nSPS) is 14.8. The molecule has 1 amide bonds. The highest BCUT2D eigenvalue weighted by molar-refractivity contribution is 7.08. The maximum atomic E-state index is 13.1. The van der Waals surface area contributed by atoms with Crippen molar-refractivity contribution in [3.8, 4) is 5.75 Å². The molecule has 1 aromatic carbocycles. The van der Waals surface area contributed by atoms with Crippen LogP contribution < -0.4 is 10.1 Å². The van der Waals surface area contributed by atoms with E-state index in [1.807, 2.05) is 5.38 Å². The molecule has 23 heavy (non-hydrogen) atoms. The molecule has 0 spiro atoms. The van der Waals surface area contributed by atoms with Crippen LogP contribution in [0.1, 0.15) is 19.4 Å². The smallest absolute Gasteiger partial charge is 0.260 e. The van der Waals surface area contributed by atoms with Crippen molar-refractivity contribution in [2.75, 3.05) is 6.54 Å². The maximum absolute atomic E-state index is 13.1. The standard InChI is InChI=1S/C16H17F2NO3S/c1-10(22-12-3-4-13(17)14(18)7-12)15(20)19-9-16(2,21)11-5-6-23-8-11/h3-8,10,21H,9H2,1-2H3,(H,19,20). The van der Waals surface area contributed by atoms with Gasteiger partial charge >= 0.3 is 0 Å². The van der Waals surface area contributed by atoms with Crippen LogP contribution in [0.15, 0.2) is 35.0 Å². The van der Waals surface area contributed by atoms with Crippen molar-refractivity contribution in [1.82, 2.24) is 5.32 Å². The van der Waals surface area contributed by atoms with Gasteiger partial charge in [0.1, 0.15) is 11.4 Å². The summed E-state index contributed by atoms with van der Waals surface area (Å²) in [6, 6.07) is 4.82. The van der Waals surface area contributed by atoms with Gasteiger partial charge in [-0.2, -0.15) is 11.3 Å². The monoisotopic (exact) mass is 341 g/mol. The van der Waals surface area contributed by atoms with Crippen LogP contribution in [0.4, 0.5) is 8.78 Å². The minimum atomic E-state index is -1.20. The van der Waals surface area contributed by atoms with Crippen LogP contribution in [0.3, 0.4) is 0 Å². The van der Waals surface area contributed by atoms with Crippen LogP contribution in [0.25, 0.3) is 0 Å². The maximum Gasteiger partial charge on any atom is 0.260 e. The molecule has 1 aromatic heterocycles. The Morgan fingerprint density at radius 2 is 2.13 bits per heavy atom. The van der Waals surface area contributed by atoms with Gasteiger partial charge in [-0.15, -0.1) is 0 Å². The molecule has 2 aromatic rings. The molecule has 0 saturated heterocycles. The Morgan fingerprint density at radius 3 is 2.74 bits per heavy atom. The van der Waals surface area contributed by atoms with Crippen molar-refractivity contribution in [1.29, 1.82) is 0 Å². The molecule has 0 bridgehead atoms. The molecule has 0 aliphatic heterocycles. The van der Waals surface area contributed by atoms with E-state index >= 15 is 0 Å². The van der Waals surface area contributed by atoms with E-state index in [0.717, 1.165) is 12.1 Å². The number of ether oxygens (including phenoxy) is 1. The molecule has 0 saturated carbocycles. The van der Waals surface area contributed by atoms with Crippen LogP contribution in [0.2, 0.25) is 0 Å². The van der Waals surface area contributed by atoms with Gasteiger partial charge in [-0.05, 0) is 48.4 Å². The van der Waals surface area contributed by atoms with Crippen LogP contribution in [0.5, 0.6) is 5.75 Å². The van der Waals surface area contributed by atoms with E-state index in [9.17, 15) is 18.7 Å². The van der Waals surface area contributed by atoms with Crippen LogP contribution in [-0.2, 0) is 10.4 Å². The summed E-state index contributed by atoms with van der Waals surface area (Å²) in [4.78, 5) is 12.0. The number of nitrogens with one attached hydrogen (secondary N) is 1. The number of aliphatic hydroxyl groups is 1. The summed E-state index contributed by atoms with van der Waals surface area (Å²) in [5, 5.41) is 16.5. The predicted octanol–water partition coefficient (Wildman–Crippen LogP) is 2.82. The van der Waals surface area contributed by atoms with E-state index in [0.29, 0.717) is 5.56 Å². The van der Waals surface area contributed by atoms with Crippen molar-refractivity contribution in [3.63, 3.8) is 0 Å². The predicted molar refractivity (Wildman–Crippen MR) is 83.3 cm³/mol. The Bertz CT molecular complexity index is 674. The van der Waals surface area contributed by atoms with Gasteiger partial charge < -0.3 is 15.2 Å². The first-order chi connectivity index (χ1) is 10.8. The molecular weight excluding hydrogens is 324 g/mol. The first-order valence-corrected chi connectivity index (χ1v) is 7.88. The van der Waals surface area contributed by atoms with Crippen molar-refractivity contribution < 1.29 is 23.4 Å². The quantitative estimate of drug-likeness (QED) is 0.849. The topological polar surface area (TPSA) is 58.6 Å². The number of benzene rings is 1. The van der Waals surface area contributed by atoms with Gasteiger partial charge in [0.25, 0.3) is 5.91 Å². The number of carbonyl (C=O) groups excluding carboxylic acids is 1. The average molecular weight is 341 g/mol. The molecule has 0 aliphatic rings. The third kappa shape index (κ3) is 4.49. The molecule has 2 atom stereocenters. The number of hydrogen-bond donors (Lipinski definition) is 2. The first-order valence-electron chi connectivity index (χ1n) is 6.94. The van der Waals surface area contributed by atoms with Gasteiger partial charge in [0.05, 0.1) is 6.54 Å². The molecule has 2 unspecified atom stereocenters. The van der Waals surface area contributed by atoms with Crippen LogP contribution >= 0.6 is 11.3 Å². The Hall–Kier alpha value is -1.99. The number of hydrogen-bond acceptors (Lipinski definition) is 4. The van der Waals surface area contributed by atoms with Crippen molar-refractivity contribution in [2.24, 2.45) is 0 Å². The van der Waals surface area contributed by atoms with Crippen molar-refractivity contribution >= 4 is 17.2 Å². The van der Waals surface area contributed by atoms with Gasteiger partial charge in [0.2, 0.25) is 0 Å². The fourth-order valence-electron chi connectivity index (χ4n) is 1.88. The Morgan fingerprint density at radius 1 is 1.39 bits per heavy atom. The Kier molecular flexibility index (Phi) is 5.33. The number of carbonyl (C=O) groups is 1. The zero-order chi connectivity index (χ0) is 17.0. The summed E-state index contributed by atoms with van der Waals surface area (Å²) >= 11 is 1.45. The summed E-state index contributed by atoms with van der Waals surface area (Å²) in [7, 11) is 0. The van der Waals surface area contributed by atoms with E-state index in [2.05, 4.69) is 5.32 Å². The highest BCUT2D eigenvalue weighted by atomic mass is 32.1. The molecule has 4 nitrogen and oxygen atoms in total. The molecule has 2 rings (SSSR count). The molecule has 124 valence electrons. The highest BCUT2D eigenvalue weighted by Crippen LogP contribution is 2.22. The fourth-order valence-corrected chi connectivity index (χ4v) is 2.67. The van der Waals surface area contributed by atoms with Gasteiger partial charge in [-0.1, -0.05) is 0 Å². The van der Waals surface area contributed by atoms with Crippen molar-refractivity contribution in [3.05, 3.63) is 52.2 Å². The van der Waals surface area contributed by atoms with Crippen LogP contribution in [-0.4, -0.2) is 23.7 Å². The molecule has 1 heterocycles. The average Bonchev–Trinajstić information content (AvgIpc) is 3.04. The summed E-state index contributed by atoms with van der Waals surface area (Å²) in [6.07, 6.45) is -0.918. The number of amides is 1. The number of thiophene rings is 1. The lowest BCUT2D eigenvalue weighted by atomic mass is 9.99. The largest absolute Gasteiger partial charge is 0.481 e. The molecule has 0 radical (unpaired) electrons. The van der Waals surface area contributed by atoms with E-state index in [1.54, 1.807) is 18.4 Å². The van der Waals surface area contributed by atoms with Gasteiger partial charge in [-0.25, -0.2) is 8.78 Å². The third-order valence-electron chi connectivity index (χ3n) is 3.32. The highest BCUT2D eigenvalue weighted by Gasteiger charge is 2.25. The van der Waals surface area contributed by atoms with E-state index in [4.69, 9.17) is 4.74 Å². The Balaban J connectivity index is 1.91. The lowest BCUT2D eigenvalue weighted by molar-refractivity contribution is -0.128. The fraction of sp³-hybridized carbons (Fsp3) is 0.312. The zero-order valence-corrected chi connectivity index (χ0v) is 13.5. The lowest BCUT2D eigenvalue weighted by Gasteiger charge is -2.24. The third-order valence-corrected chi connectivity index (χ3v) is 4.01. The van der Waals surface area contributed by atoms with Crippen LogP contribution in [0, 0.1) is 11.6 Å². The molecular formula is C16H17F2NO3S. The minimum Gasteiger partial charge on any atom is -0.481 e.